The Balaban J connectivity index is 2.41. The Morgan fingerprint density at radius 3 is 2.89 bits per heavy atom. The highest BCUT2D eigenvalue weighted by molar-refractivity contribution is 5.38. The highest BCUT2D eigenvalue weighted by atomic mass is 16.5. The van der Waals surface area contributed by atoms with Crippen LogP contribution in [-0.2, 0) is 16.6 Å². The number of methoxy groups -OCH3 is 1. The van der Waals surface area contributed by atoms with Gasteiger partial charge in [0, 0.05) is 25.7 Å². The van der Waals surface area contributed by atoms with E-state index in [1.165, 1.54) is 30.4 Å². The average molecular weight is 247 g/mol. The number of rotatable bonds is 5. The van der Waals surface area contributed by atoms with Gasteiger partial charge in [0.1, 0.15) is 0 Å². The van der Waals surface area contributed by atoms with Crippen molar-refractivity contribution in [1.29, 1.82) is 0 Å². The van der Waals surface area contributed by atoms with Crippen molar-refractivity contribution in [2.45, 2.75) is 31.6 Å². The molecule has 2 atom stereocenters. The Labute approximate surface area is 111 Å². The van der Waals surface area contributed by atoms with E-state index in [1.807, 2.05) is 0 Å². The van der Waals surface area contributed by atoms with Crippen LogP contribution in [0.5, 0.6) is 0 Å². The second-order valence-electron chi connectivity index (χ2n) is 5.55. The van der Waals surface area contributed by atoms with E-state index in [-0.39, 0.29) is 5.41 Å². The van der Waals surface area contributed by atoms with Crippen molar-refractivity contribution >= 4 is 0 Å². The summed E-state index contributed by atoms with van der Waals surface area (Å²) >= 11 is 0. The largest absolute Gasteiger partial charge is 0.384 e. The van der Waals surface area contributed by atoms with Gasteiger partial charge in [-0.15, -0.1) is 0 Å². The fraction of sp³-hybridized carbons (Fsp3) is 0.625. The van der Waals surface area contributed by atoms with Crippen LogP contribution >= 0.6 is 0 Å². The lowest BCUT2D eigenvalue weighted by Crippen LogP contribution is -2.46. The summed E-state index contributed by atoms with van der Waals surface area (Å²) in [6, 6.07) is 8.94. The van der Waals surface area contributed by atoms with Crippen LogP contribution in [0.4, 0.5) is 0 Å². The number of fused-ring (bicyclic) bond motifs is 1. The molecule has 0 aromatic heterocycles. The highest BCUT2D eigenvalue weighted by Crippen LogP contribution is 2.42. The molecule has 0 saturated carbocycles. The molecule has 2 heteroatoms. The van der Waals surface area contributed by atoms with Gasteiger partial charge in [-0.2, -0.15) is 0 Å². The quantitative estimate of drug-likeness (QED) is 0.864. The van der Waals surface area contributed by atoms with Gasteiger partial charge in [-0.05, 0) is 43.4 Å². The van der Waals surface area contributed by atoms with Gasteiger partial charge >= 0.3 is 0 Å². The molecule has 18 heavy (non-hydrogen) atoms. The molecule has 1 aromatic rings. The van der Waals surface area contributed by atoms with Crippen molar-refractivity contribution in [3.8, 4) is 0 Å². The lowest BCUT2D eigenvalue weighted by atomic mass is 9.63. The number of aryl methyl sites for hydroxylation is 1. The normalized spacial score (nSPS) is 24.6. The molecule has 2 rings (SSSR count). The van der Waals surface area contributed by atoms with E-state index in [0.717, 1.165) is 13.2 Å². The molecule has 0 aliphatic heterocycles. The van der Waals surface area contributed by atoms with Crippen molar-refractivity contribution in [1.82, 2.24) is 5.32 Å². The fourth-order valence-corrected chi connectivity index (χ4v) is 3.55. The zero-order valence-electron chi connectivity index (χ0n) is 11.8. The predicted molar refractivity (Wildman–Crippen MR) is 76.0 cm³/mol. The molecule has 1 aliphatic carbocycles. The van der Waals surface area contributed by atoms with E-state index in [1.54, 1.807) is 7.11 Å². The third-order valence-corrected chi connectivity index (χ3v) is 4.47. The van der Waals surface area contributed by atoms with E-state index >= 15 is 0 Å². The molecule has 0 saturated heterocycles. The predicted octanol–water partition coefficient (Wildman–Crippen LogP) is 2.76. The van der Waals surface area contributed by atoms with Gasteiger partial charge in [0.2, 0.25) is 0 Å². The standard InChI is InChI=1S/C16H25NO/c1-13(11-18-3)16(12-17-2)10-6-8-14-7-4-5-9-15(14)16/h4-5,7,9,13,17H,6,8,10-12H2,1-3H3. The third kappa shape index (κ3) is 2.32. The average Bonchev–Trinajstić information content (AvgIpc) is 2.39. The number of ether oxygens (including phenoxy) is 1. The van der Waals surface area contributed by atoms with Crippen molar-refractivity contribution in [3.63, 3.8) is 0 Å². The SMILES string of the molecule is CNCC1(C(C)COC)CCCc2ccccc21. The van der Waals surface area contributed by atoms with Gasteiger partial charge in [0.15, 0.2) is 0 Å². The summed E-state index contributed by atoms with van der Waals surface area (Å²) in [5.41, 5.74) is 3.30. The van der Waals surface area contributed by atoms with E-state index < -0.39 is 0 Å². The number of hydrogen-bond acceptors (Lipinski definition) is 2. The second kappa shape index (κ2) is 5.85. The van der Waals surface area contributed by atoms with Crippen LogP contribution in [0.25, 0.3) is 0 Å². The molecular weight excluding hydrogens is 222 g/mol. The lowest BCUT2D eigenvalue weighted by Gasteiger charge is -2.43. The van der Waals surface area contributed by atoms with Crippen LogP contribution in [0.1, 0.15) is 30.9 Å². The monoisotopic (exact) mass is 247 g/mol. The van der Waals surface area contributed by atoms with E-state index in [2.05, 4.69) is 43.6 Å². The molecule has 0 heterocycles. The molecule has 2 unspecified atom stereocenters. The lowest BCUT2D eigenvalue weighted by molar-refractivity contribution is 0.103. The first-order valence-corrected chi connectivity index (χ1v) is 6.96. The smallest absolute Gasteiger partial charge is 0.0496 e. The van der Waals surface area contributed by atoms with Crippen LogP contribution in [0.2, 0.25) is 0 Å². The molecule has 2 nitrogen and oxygen atoms in total. The Morgan fingerprint density at radius 1 is 1.39 bits per heavy atom. The summed E-state index contributed by atoms with van der Waals surface area (Å²) in [5.74, 6) is 0.538. The van der Waals surface area contributed by atoms with Crippen LogP contribution in [0.3, 0.4) is 0 Å². The Kier molecular flexibility index (Phi) is 4.41. The van der Waals surface area contributed by atoms with Crippen molar-refractivity contribution in [2.75, 3.05) is 27.3 Å². The Hall–Kier alpha value is -0.860. The maximum Gasteiger partial charge on any atom is 0.0496 e. The topological polar surface area (TPSA) is 21.3 Å². The molecular formula is C16H25NO. The zero-order valence-corrected chi connectivity index (χ0v) is 11.8. The number of nitrogens with one attached hydrogen (secondary N) is 1. The fourth-order valence-electron chi connectivity index (χ4n) is 3.55. The van der Waals surface area contributed by atoms with Crippen molar-refractivity contribution in [2.24, 2.45) is 5.92 Å². The molecule has 1 aliphatic rings. The summed E-state index contributed by atoms with van der Waals surface area (Å²) in [6.07, 6.45) is 3.77. The minimum absolute atomic E-state index is 0.236. The van der Waals surface area contributed by atoms with Crippen molar-refractivity contribution < 1.29 is 4.74 Å². The summed E-state index contributed by atoms with van der Waals surface area (Å²) in [4.78, 5) is 0. The maximum atomic E-state index is 5.42. The van der Waals surface area contributed by atoms with Crippen LogP contribution in [0, 0.1) is 5.92 Å². The van der Waals surface area contributed by atoms with Gasteiger partial charge in [0.05, 0.1) is 0 Å². The highest BCUT2D eigenvalue weighted by Gasteiger charge is 2.40. The summed E-state index contributed by atoms with van der Waals surface area (Å²) < 4.78 is 5.42. The summed E-state index contributed by atoms with van der Waals surface area (Å²) in [7, 11) is 3.86. The molecule has 0 spiro atoms. The van der Waals surface area contributed by atoms with Gasteiger partial charge in [-0.25, -0.2) is 0 Å². The minimum Gasteiger partial charge on any atom is -0.384 e. The van der Waals surface area contributed by atoms with Gasteiger partial charge < -0.3 is 10.1 Å². The first-order chi connectivity index (χ1) is 8.74. The maximum absolute atomic E-state index is 5.42. The third-order valence-electron chi connectivity index (χ3n) is 4.47. The molecule has 1 aromatic carbocycles. The van der Waals surface area contributed by atoms with Gasteiger partial charge in [-0.1, -0.05) is 31.2 Å². The minimum atomic E-state index is 0.236. The molecule has 0 bridgehead atoms. The Morgan fingerprint density at radius 2 is 2.17 bits per heavy atom. The number of hydrogen-bond donors (Lipinski definition) is 1. The van der Waals surface area contributed by atoms with Gasteiger partial charge in [-0.3, -0.25) is 0 Å². The van der Waals surface area contributed by atoms with E-state index in [9.17, 15) is 0 Å². The van der Waals surface area contributed by atoms with Crippen LogP contribution in [-0.4, -0.2) is 27.3 Å². The summed E-state index contributed by atoms with van der Waals surface area (Å²) in [5, 5.41) is 3.40. The number of likely N-dealkylation sites (N-methyl/N-ethyl adjacent to an activating group) is 1. The molecule has 0 fully saturated rings. The Bertz CT molecular complexity index is 390. The second-order valence-corrected chi connectivity index (χ2v) is 5.55. The molecule has 0 radical (unpaired) electrons. The number of benzene rings is 1. The summed E-state index contributed by atoms with van der Waals surface area (Å²) in [6.45, 7) is 4.19. The molecule has 1 N–H and O–H groups in total. The van der Waals surface area contributed by atoms with Gasteiger partial charge in [0.25, 0.3) is 0 Å². The van der Waals surface area contributed by atoms with Crippen molar-refractivity contribution in [3.05, 3.63) is 35.4 Å². The van der Waals surface area contributed by atoms with Crippen LogP contribution < -0.4 is 5.32 Å². The molecule has 100 valence electrons. The molecule has 0 amide bonds. The zero-order chi connectivity index (χ0) is 13.0. The van der Waals surface area contributed by atoms with E-state index in [4.69, 9.17) is 4.74 Å². The van der Waals surface area contributed by atoms with Crippen LogP contribution in [0.15, 0.2) is 24.3 Å². The first kappa shape index (κ1) is 13.6. The van der Waals surface area contributed by atoms with E-state index in [0.29, 0.717) is 5.92 Å². The first-order valence-electron chi connectivity index (χ1n) is 6.96.